The molecule has 1 heterocycles. The first kappa shape index (κ1) is 22.5. The Balaban J connectivity index is 2.05. The van der Waals surface area contributed by atoms with E-state index in [4.69, 9.17) is 14.6 Å². The Bertz CT molecular complexity index is 1040. The Morgan fingerprint density at radius 1 is 1.28 bits per heavy atom. The molecular weight excluding hydrogens is 420 g/mol. The summed E-state index contributed by atoms with van der Waals surface area (Å²) < 4.78 is 36.9. The van der Waals surface area contributed by atoms with Crippen molar-refractivity contribution in [3.05, 3.63) is 23.9 Å². The summed E-state index contributed by atoms with van der Waals surface area (Å²) in [5.74, 6) is 1.69. The molecule has 2 rings (SSSR count). The molecule has 0 aliphatic heterocycles. The normalized spacial score (nSPS) is 11.1. The van der Waals surface area contributed by atoms with Crippen molar-refractivity contribution in [1.82, 2.24) is 14.4 Å². The molecule has 2 aromatic rings. The first-order valence-electron chi connectivity index (χ1n) is 8.39. The number of fused-ring (bicyclic) bond motifs is 1. The summed E-state index contributed by atoms with van der Waals surface area (Å²) in [6.07, 6.45) is 0.994. The van der Waals surface area contributed by atoms with Crippen LogP contribution in [0.2, 0.25) is 0 Å². The van der Waals surface area contributed by atoms with Crippen LogP contribution in [0.25, 0.3) is 10.9 Å². The van der Waals surface area contributed by atoms with Crippen LogP contribution in [0.3, 0.4) is 0 Å². The van der Waals surface area contributed by atoms with Gasteiger partial charge in [0, 0.05) is 29.1 Å². The zero-order valence-corrected chi connectivity index (χ0v) is 17.4. The molecule has 1 amide bonds. The van der Waals surface area contributed by atoms with E-state index in [0.717, 1.165) is 10.3 Å². The number of pyridine rings is 1. The fourth-order valence-corrected chi connectivity index (χ4v) is 4.33. The van der Waals surface area contributed by atoms with Gasteiger partial charge in [0.25, 0.3) is 0 Å². The molecule has 0 unspecified atom stereocenters. The largest absolute Gasteiger partial charge is 0.493 e. The summed E-state index contributed by atoms with van der Waals surface area (Å²) in [5.41, 5.74) is 1.10. The highest BCUT2D eigenvalue weighted by Gasteiger charge is 2.15. The number of thioether (sulfide) groups is 1. The second-order valence-electron chi connectivity index (χ2n) is 5.70. The number of nitriles is 1. The minimum absolute atomic E-state index is 0.0936. The molecule has 0 aliphatic rings. The maximum atomic E-state index is 11.4. The van der Waals surface area contributed by atoms with E-state index in [-0.39, 0.29) is 6.54 Å². The zero-order valence-electron chi connectivity index (χ0n) is 15.8. The lowest BCUT2D eigenvalue weighted by molar-refractivity contribution is 0.201. The van der Waals surface area contributed by atoms with Crippen LogP contribution in [-0.2, 0) is 10.2 Å². The number of hydrogen-bond donors (Lipinski definition) is 3. The Morgan fingerprint density at radius 3 is 2.59 bits per heavy atom. The summed E-state index contributed by atoms with van der Waals surface area (Å²) in [6, 6.07) is 5.65. The summed E-state index contributed by atoms with van der Waals surface area (Å²) in [6.45, 7) is 0.0936. The Hall–Kier alpha value is -2.75. The van der Waals surface area contributed by atoms with Crippen molar-refractivity contribution < 1.29 is 27.8 Å². The Labute approximate surface area is 172 Å². The second-order valence-corrected chi connectivity index (χ2v) is 8.30. The van der Waals surface area contributed by atoms with E-state index in [9.17, 15) is 18.5 Å². The zero-order chi connectivity index (χ0) is 21.4. The second kappa shape index (κ2) is 10.1. The molecule has 1 aromatic heterocycles. The summed E-state index contributed by atoms with van der Waals surface area (Å²) in [7, 11) is -1.00. The first-order valence-corrected chi connectivity index (χ1v) is 10.9. The lowest BCUT2D eigenvalue weighted by Gasteiger charge is -2.12. The number of hydrogen-bond acceptors (Lipinski definition) is 8. The fourth-order valence-electron chi connectivity index (χ4n) is 2.49. The maximum Gasteiger partial charge on any atom is 0.419 e. The summed E-state index contributed by atoms with van der Waals surface area (Å²) >= 11 is 1.46. The molecule has 0 saturated carbocycles. The standard InChI is InChI=1S/C17H20N4O6S2/c1-26-14-7-12-13(8-15(14)27-2)19-10-11(9-18)16(12)28-6-4-3-5-20-29(24,25)21-17(22)23/h7-8,10,20-21H,3-6H2,1-2H3,(H,22,23). The van der Waals surface area contributed by atoms with Crippen molar-refractivity contribution in [2.45, 2.75) is 17.7 Å². The van der Waals surface area contributed by atoms with Crippen LogP contribution < -0.4 is 18.9 Å². The van der Waals surface area contributed by atoms with Gasteiger partial charge in [0.2, 0.25) is 0 Å². The van der Waals surface area contributed by atoms with Crippen LogP contribution in [0, 0.1) is 11.3 Å². The number of ether oxygens (including phenoxy) is 2. The van der Waals surface area contributed by atoms with E-state index < -0.39 is 16.3 Å². The predicted octanol–water partition coefficient (Wildman–Crippen LogP) is 2.10. The molecule has 0 fully saturated rings. The first-order chi connectivity index (χ1) is 13.8. The van der Waals surface area contributed by atoms with Crippen molar-refractivity contribution in [3.8, 4) is 17.6 Å². The van der Waals surface area contributed by atoms with Gasteiger partial charge in [0.15, 0.2) is 11.5 Å². The van der Waals surface area contributed by atoms with E-state index in [1.807, 2.05) is 0 Å². The van der Waals surface area contributed by atoms with Crippen LogP contribution in [0.4, 0.5) is 4.79 Å². The number of carboxylic acid groups (broad SMARTS) is 1. The molecule has 0 bridgehead atoms. The van der Waals surface area contributed by atoms with Crippen LogP contribution in [0.5, 0.6) is 11.5 Å². The SMILES string of the molecule is COc1cc2ncc(C#N)c(SCCCCNS(=O)(=O)NC(=O)O)c2cc1OC. The van der Waals surface area contributed by atoms with Crippen molar-refractivity contribution in [2.24, 2.45) is 0 Å². The smallest absolute Gasteiger partial charge is 0.419 e. The Kier molecular flexibility index (Phi) is 7.89. The van der Waals surface area contributed by atoms with Gasteiger partial charge >= 0.3 is 16.3 Å². The lowest BCUT2D eigenvalue weighted by Crippen LogP contribution is -2.39. The van der Waals surface area contributed by atoms with Crippen LogP contribution in [0.15, 0.2) is 23.2 Å². The molecule has 0 aliphatic carbocycles. The number of benzene rings is 1. The average molecular weight is 441 g/mol. The van der Waals surface area contributed by atoms with Gasteiger partial charge in [-0.1, -0.05) is 0 Å². The van der Waals surface area contributed by atoms with Crippen molar-refractivity contribution in [2.75, 3.05) is 26.5 Å². The average Bonchev–Trinajstić information content (AvgIpc) is 2.68. The van der Waals surface area contributed by atoms with E-state index in [2.05, 4.69) is 15.8 Å². The molecule has 0 radical (unpaired) electrons. The van der Waals surface area contributed by atoms with Gasteiger partial charge in [0.05, 0.1) is 25.3 Å². The monoisotopic (exact) mass is 440 g/mol. The van der Waals surface area contributed by atoms with Gasteiger partial charge in [0.1, 0.15) is 6.07 Å². The summed E-state index contributed by atoms with van der Waals surface area (Å²) in [5, 5.41) is 18.6. The quantitative estimate of drug-likeness (QED) is 0.372. The number of nitrogens with one attached hydrogen (secondary N) is 2. The number of amides is 1. The van der Waals surface area contributed by atoms with Gasteiger partial charge in [-0.25, -0.2) is 9.52 Å². The van der Waals surface area contributed by atoms with E-state index in [1.165, 1.54) is 36.9 Å². The molecule has 3 N–H and O–H groups in total. The fraction of sp³-hybridized carbons (Fsp3) is 0.353. The van der Waals surface area contributed by atoms with Crippen LogP contribution in [0.1, 0.15) is 18.4 Å². The van der Waals surface area contributed by atoms with Crippen LogP contribution >= 0.6 is 11.8 Å². The maximum absolute atomic E-state index is 11.4. The molecule has 0 atom stereocenters. The van der Waals surface area contributed by atoms with Crippen molar-refractivity contribution in [3.63, 3.8) is 0 Å². The molecule has 10 nitrogen and oxygen atoms in total. The third-order valence-corrected chi connectivity index (χ3v) is 6.02. The summed E-state index contributed by atoms with van der Waals surface area (Å²) in [4.78, 5) is 15.4. The van der Waals surface area contributed by atoms with E-state index >= 15 is 0 Å². The van der Waals surface area contributed by atoms with Crippen LogP contribution in [-0.4, -0.2) is 51.1 Å². The highest BCUT2D eigenvalue weighted by Crippen LogP contribution is 2.37. The van der Waals surface area contributed by atoms with Gasteiger partial charge in [-0.05, 0) is 24.7 Å². The Morgan fingerprint density at radius 2 is 1.97 bits per heavy atom. The molecule has 0 spiro atoms. The topological polar surface area (TPSA) is 151 Å². The minimum Gasteiger partial charge on any atom is -0.493 e. The molecular formula is C17H20N4O6S2. The lowest BCUT2D eigenvalue weighted by atomic mass is 10.1. The van der Waals surface area contributed by atoms with Gasteiger partial charge in [-0.3, -0.25) is 4.98 Å². The number of carbonyl (C=O) groups is 1. The van der Waals surface area contributed by atoms with Gasteiger partial charge in [-0.2, -0.15) is 18.4 Å². The van der Waals surface area contributed by atoms with E-state index in [0.29, 0.717) is 41.2 Å². The number of rotatable bonds is 10. The molecule has 156 valence electrons. The van der Waals surface area contributed by atoms with Gasteiger partial charge in [-0.15, -0.1) is 11.8 Å². The number of unbranched alkanes of at least 4 members (excludes halogenated alkanes) is 1. The number of methoxy groups -OCH3 is 2. The minimum atomic E-state index is -4.06. The molecule has 1 aromatic carbocycles. The van der Waals surface area contributed by atoms with E-state index in [1.54, 1.807) is 12.1 Å². The molecule has 12 heteroatoms. The predicted molar refractivity (Wildman–Crippen MR) is 108 cm³/mol. The highest BCUT2D eigenvalue weighted by molar-refractivity contribution is 7.99. The van der Waals surface area contributed by atoms with Gasteiger partial charge < -0.3 is 14.6 Å². The molecule has 0 saturated heterocycles. The van der Waals surface area contributed by atoms with Crippen molar-refractivity contribution >= 4 is 39.0 Å². The number of nitrogens with zero attached hydrogens (tertiary/aromatic N) is 2. The third kappa shape index (κ3) is 6.11. The molecule has 29 heavy (non-hydrogen) atoms. The number of aromatic nitrogens is 1. The third-order valence-electron chi connectivity index (χ3n) is 3.78. The highest BCUT2D eigenvalue weighted by atomic mass is 32.2. The van der Waals surface area contributed by atoms with Crippen molar-refractivity contribution in [1.29, 1.82) is 5.26 Å².